The Kier molecular flexibility index (Phi) is 9.37. The van der Waals surface area contributed by atoms with Gasteiger partial charge >= 0.3 is 0 Å². The summed E-state index contributed by atoms with van der Waals surface area (Å²) in [6.07, 6.45) is 0.780. The molecule has 10 heteroatoms. The Hall–Kier alpha value is -4.74. The van der Waals surface area contributed by atoms with Gasteiger partial charge < -0.3 is 0 Å². The Balaban J connectivity index is 0.000000162. The highest BCUT2D eigenvalue weighted by Crippen LogP contribution is 2.41. The van der Waals surface area contributed by atoms with Gasteiger partial charge in [0.05, 0.1) is 9.79 Å². The first-order valence-corrected chi connectivity index (χ1v) is 20.1. The van der Waals surface area contributed by atoms with Crippen LogP contribution in [0.4, 0.5) is 0 Å². The van der Waals surface area contributed by atoms with Crippen molar-refractivity contribution in [2.75, 3.05) is 13.1 Å². The number of hydrogen-bond donors (Lipinski definition) is 0. The molecule has 3 aliphatic rings. The van der Waals surface area contributed by atoms with Gasteiger partial charge in [0.2, 0.25) is 20.0 Å². The van der Waals surface area contributed by atoms with Gasteiger partial charge in [-0.2, -0.15) is 8.61 Å². The first kappa shape index (κ1) is 35.7. The Morgan fingerprint density at radius 2 is 1.21 bits per heavy atom. The van der Waals surface area contributed by atoms with Gasteiger partial charge in [0.1, 0.15) is 0 Å². The van der Waals surface area contributed by atoms with Gasteiger partial charge in [-0.3, -0.25) is 9.59 Å². The van der Waals surface area contributed by atoms with E-state index < -0.39 is 20.0 Å². The smallest absolute Gasteiger partial charge is 0.243 e. The normalized spacial score (nSPS) is 17.3. The van der Waals surface area contributed by atoms with Gasteiger partial charge in [0.15, 0.2) is 11.6 Å². The summed E-state index contributed by atoms with van der Waals surface area (Å²) in [5.41, 5.74) is 8.17. The number of hydrogen-bond acceptors (Lipinski definition) is 6. The van der Waals surface area contributed by atoms with E-state index in [4.69, 9.17) is 0 Å². The first-order chi connectivity index (χ1) is 24.8. The number of carbonyl (C=O) groups is 2. The van der Waals surface area contributed by atoms with Gasteiger partial charge in [-0.05, 0) is 103 Å². The Bertz CT molecular complexity index is 2500. The minimum Gasteiger partial charge on any atom is -0.294 e. The number of allylic oxidation sites excluding steroid dienone is 1. The molecule has 1 atom stereocenters. The molecule has 0 amide bonds. The summed E-state index contributed by atoms with van der Waals surface area (Å²) in [6, 6.07) is 31.4. The minimum absolute atomic E-state index is 0.00624. The molecule has 0 N–H and O–H groups in total. The second kappa shape index (κ2) is 13.7. The molecule has 2 heterocycles. The lowest BCUT2D eigenvalue weighted by atomic mass is 9.79. The molecule has 0 bridgehead atoms. The SMILES string of the molecule is CC(=O)C1=C2CN(S(=O)(=O)c3ccc(C)cc3)CC2Cc2ccccc21.CC(=O)c1c2c(cc3ccccc13)CN(S(=O)(=O)c1ccc(C)cc1)C2. The molecule has 1 unspecified atom stereocenters. The van der Waals surface area contributed by atoms with Crippen molar-refractivity contribution >= 4 is 48.0 Å². The molecular formula is C42H40N2O6S2. The van der Waals surface area contributed by atoms with E-state index in [2.05, 4.69) is 0 Å². The molecule has 8 nitrogen and oxygen atoms in total. The van der Waals surface area contributed by atoms with E-state index in [-0.39, 0.29) is 35.5 Å². The van der Waals surface area contributed by atoms with Crippen molar-refractivity contribution in [1.82, 2.24) is 8.61 Å². The average Bonchev–Trinajstić information content (AvgIpc) is 3.75. The maximum Gasteiger partial charge on any atom is 0.243 e. The number of rotatable bonds is 6. The average molecular weight is 733 g/mol. The van der Waals surface area contributed by atoms with Crippen LogP contribution in [0.5, 0.6) is 0 Å². The van der Waals surface area contributed by atoms with Crippen LogP contribution in [0.2, 0.25) is 0 Å². The van der Waals surface area contributed by atoms with E-state index in [9.17, 15) is 26.4 Å². The summed E-state index contributed by atoms with van der Waals surface area (Å²) in [5, 5.41) is 1.85. The zero-order chi connectivity index (χ0) is 36.9. The third kappa shape index (κ3) is 6.45. The predicted octanol–water partition coefficient (Wildman–Crippen LogP) is 7.27. The molecule has 0 saturated carbocycles. The second-order valence-electron chi connectivity index (χ2n) is 13.9. The number of ketones is 2. The van der Waals surface area contributed by atoms with E-state index in [0.29, 0.717) is 29.1 Å². The molecular weight excluding hydrogens is 693 g/mol. The van der Waals surface area contributed by atoms with E-state index >= 15 is 0 Å². The number of sulfonamides is 2. The number of carbonyl (C=O) groups excluding carboxylic acids is 2. The van der Waals surface area contributed by atoms with E-state index in [1.165, 1.54) is 8.61 Å². The fourth-order valence-corrected chi connectivity index (χ4v) is 10.5. The zero-order valence-electron chi connectivity index (χ0n) is 29.6. The lowest BCUT2D eigenvalue weighted by Crippen LogP contribution is -2.29. The summed E-state index contributed by atoms with van der Waals surface area (Å²) in [6.45, 7) is 8.20. The summed E-state index contributed by atoms with van der Waals surface area (Å²) in [5.74, 6) is 0.0448. The summed E-state index contributed by atoms with van der Waals surface area (Å²) < 4.78 is 55.1. The van der Waals surface area contributed by atoms with Gasteiger partial charge in [-0.25, -0.2) is 16.8 Å². The maximum atomic E-state index is 13.1. The highest BCUT2D eigenvalue weighted by atomic mass is 32.2. The molecule has 1 aliphatic carbocycles. The Morgan fingerprint density at radius 3 is 1.83 bits per heavy atom. The van der Waals surface area contributed by atoms with Crippen LogP contribution in [-0.2, 0) is 44.4 Å². The van der Waals surface area contributed by atoms with Crippen LogP contribution in [-0.4, -0.2) is 50.1 Å². The van der Waals surface area contributed by atoms with Crippen LogP contribution in [0.25, 0.3) is 16.3 Å². The van der Waals surface area contributed by atoms with Gasteiger partial charge in [-0.1, -0.05) is 83.9 Å². The van der Waals surface area contributed by atoms with Crippen molar-refractivity contribution in [3.05, 3.63) is 148 Å². The molecule has 0 radical (unpaired) electrons. The number of Topliss-reactive ketones (excluding diaryl/α,β-unsaturated/α-hetero) is 2. The summed E-state index contributed by atoms with van der Waals surface area (Å²) >= 11 is 0. The molecule has 5 aromatic carbocycles. The van der Waals surface area contributed by atoms with Crippen molar-refractivity contribution in [3.8, 4) is 0 Å². The molecule has 5 aromatic rings. The van der Waals surface area contributed by atoms with Crippen molar-refractivity contribution < 1.29 is 26.4 Å². The minimum atomic E-state index is -3.60. The number of nitrogens with zero attached hydrogens (tertiary/aromatic N) is 2. The standard InChI is InChI=1S/C21H21NO3S.C21H19NO3S/c2*1-14-7-9-18(10-8-14)26(24,25)22-12-17-11-16-5-3-4-6-19(16)21(15(2)23)20(17)13-22/h3-10,17H,11-13H2,1-2H3;3-11H,12-13H2,1-2H3. The van der Waals surface area contributed by atoms with E-state index in [0.717, 1.165) is 56.1 Å². The molecule has 1 saturated heterocycles. The van der Waals surface area contributed by atoms with Crippen LogP contribution >= 0.6 is 0 Å². The topological polar surface area (TPSA) is 109 Å². The Morgan fingerprint density at radius 1 is 0.635 bits per heavy atom. The quantitative estimate of drug-likeness (QED) is 0.170. The molecule has 0 aromatic heterocycles. The van der Waals surface area contributed by atoms with E-state index in [1.54, 1.807) is 50.2 Å². The fourth-order valence-electron chi connectivity index (χ4n) is 7.67. The summed E-state index contributed by atoms with van der Waals surface area (Å²) in [4.78, 5) is 25.2. The molecule has 1 fully saturated rings. The largest absolute Gasteiger partial charge is 0.294 e. The summed E-state index contributed by atoms with van der Waals surface area (Å²) in [7, 11) is -7.17. The van der Waals surface area contributed by atoms with Crippen LogP contribution in [0.15, 0.2) is 118 Å². The molecule has 2 aliphatic heterocycles. The third-order valence-electron chi connectivity index (χ3n) is 10.3. The molecule has 0 spiro atoms. The highest BCUT2D eigenvalue weighted by Gasteiger charge is 2.40. The van der Waals surface area contributed by atoms with Gasteiger partial charge in [-0.15, -0.1) is 0 Å². The third-order valence-corrected chi connectivity index (χ3v) is 13.9. The maximum absolute atomic E-state index is 13.1. The van der Waals surface area contributed by atoms with Crippen LogP contribution in [0.3, 0.4) is 0 Å². The van der Waals surface area contributed by atoms with Crippen molar-refractivity contribution in [2.24, 2.45) is 5.92 Å². The van der Waals surface area contributed by atoms with E-state index in [1.807, 2.05) is 80.6 Å². The Labute approximate surface area is 305 Å². The molecule has 266 valence electrons. The number of benzene rings is 5. The van der Waals surface area contributed by atoms with Gasteiger partial charge in [0, 0.05) is 43.2 Å². The van der Waals surface area contributed by atoms with Gasteiger partial charge in [0.25, 0.3) is 0 Å². The van der Waals surface area contributed by atoms with Crippen LogP contribution in [0.1, 0.15) is 57.6 Å². The van der Waals surface area contributed by atoms with Crippen molar-refractivity contribution in [2.45, 2.75) is 57.0 Å². The lowest BCUT2D eigenvalue weighted by molar-refractivity contribution is -0.111. The number of fused-ring (bicyclic) bond motifs is 4. The zero-order valence-corrected chi connectivity index (χ0v) is 31.2. The fraction of sp³-hybridized carbons (Fsp3) is 0.238. The monoisotopic (exact) mass is 732 g/mol. The van der Waals surface area contributed by atoms with Crippen LogP contribution in [0, 0.1) is 19.8 Å². The lowest BCUT2D eigenvalue weighted by Gasteiger charge is -2.24. The van der Waals surface area contributed by atoms with Crippen molar-refractivity contribution in [3.63, 3.8) is 0 Å². The van der Waals surface area contributed by atoms with Crippen molar-refractivity contribution in [1.29, 1.82) is 0 Å². The van der Waals surface area contributed by atoms with Crippen LogP contribution < -0.4 is 0 Å². The number of aryl methyl sites for hydroxylation is 2. The predicted molar refractivity (Wildman–Crippen MR) is 203 cm³/mol. The molecule has 52 heavy (non-hydrogen) atoms. The second-order valence-corrected chi connectivity index (χ2v) is 17.8. The highest BCUT2D eigenvalue weighted by molar-refractivity contribution is 7.89. The first-order valence-electron chi connectivity index (χ1n) is 17.3. The molecule has 8 rings (SSSR count).